The van der Waals surface area contributed by atoms with Crippen molar-refractivity contribution in [1.82, 2.24) is 21.0 Å². The van der Waals surface area contributed by atoms with Crippen LogP contribution in [-0.4, -0.2) is 70.9 Å². The number of hydrogen-bond donors (Lipinski definition) is 5. The van der Waals surface area contributed by atoms with E-state index in [-0.39, 0.29) is 43.0 Å². The molecule has 12 nitrogen and oxygen atoms in total. The van der Waals surface area contributed by atoms with Gasteiger partial charge >= 0.3 is 0 Å². The Kier molecular flexibility index (Phi) is 13.8. The minimum absolute atomic E-state index is 0.00976. The molecule has 3 aliphatic heterocycles. The molecule has 3 unspecified atom stereocenters. The lowest BCUT2D eigenvalue weighted by Crippen LogP contribution is -2.57. The normalized spacial score (nSPS) is 20.5. The van der Waals surface area contributed by atoms with Gasteiger partial charge in [-0.1, -0.05) is 91.7 Å². The molecule has 3 atom stereocenters. The topological polar surface area (TPSA) is 153 Å². The molecule has 0 radical (unpaired) electrons. The van der Waals surface area contributed by atoms with Gasteiger partial charge in [-0.3, -0.25) is 19.6 Å². The van der Waals surface area contributed by atoms with Crippen molar-refractivity contribution < 1.29 is 34.2 Å². The summed E-state index contributed by atoms with van der Waals surface area (Å²) in [6.45, 7) is 3.18. The number of rotatable bonds is 16. The van der Waals surface area contributed by atoms with Gasteiger partial charge in [0.1, 0.15) is 5.54 Å². The number of aliphatic hydroxyl groups is 1. The first-order valence-electron chi connectivity index (χ1n) is 20.6. The van der Waals surface area contributed by atoms with E-state index in [4.69, 9.17) is 14.7 Å². The van der Waals surface area contributed by atoms with Crippen molar-refractivity contribution in [3.63, 3.8) is 0 Å². The number of hydrogen-bond acceptors (Lipinski definition) is 9. The number of likely N-dealkylation sites (tertiary alicyclic amines) is 1. The van der Waals surface area contributed by atoms with Crippen LogP contribution in [0, 0.1) is 0 Å². The number of unbranched alkanes of at least 4 members (excludes halogenated alkanes) is 3. The maximum Gasteiger partial charge on any atom is 0.247 e. The van der Waals surface area contributed by atoms with Gasteiger partial charge < -0.3 is 35.0 Å². The summed E-state index contributed by atoms with van der Waals surface area (Å²) in [4.78, 5) is 41.7. The highest BCUT2D eigenvalue weighted by Gasteiger charge is 2.50. The lowest BCUT2D eigenvalue weighted by Gasteiger charge is -2.45. The smallest absolute Gasteiger partial charge is 0.247 e. The van der Waals surface area contributed by atoms with Gasteiger partial charge in [0.15, 0.2) is 6.29 Å². The predicted molar refractivity (Wildman–Crippen MR) is 220 cm³/mol. The predicted octanol–water partition coefficient (Wildman–Crippen LogP) is 6.28. The summed E-state index contributed by atoms with van der Waals surface area (Å²) in [5.41, 5.74) is 7.97. The zero-order valence-electron chi connectivity index (χ0n) is 33.0. The number of amides is 3. The first kappa shape index (κ1) is 41.1. The van der Waals surface area contributed by atoms with Gasteiger partial charge in [0, 0.05) is 56.7 Å². The molecular weight excluding hydrogens is 735 g/mol. The molecule has 3 aliphatic rings. The van der Waals surface area contributed by atoms with Crippen LogP contribution in [0.15, 0.2) is 103 Å². The Labute approximate surface area is 340 Å². The van der Waals surface area contributed by atoms with Gasteiger partial charge in [0.25, 0.3) is 0 Å². The monoisotopic (exact) mass is 789 g/mol. The molecule has 3 fully saturated rings. The van der Waals surface area contributed by atoms with Crippen molar-refractivity contribution in [2.75, 3.05) is 31.2 Å². The van der Waals surface area contributed by atoms with E-state index >= 15 is 0 Å². The number of benzene rings is 4. The zero-order chi connectivity index (χ0) is 40.3. The molecule has 4 aromatic carbocycles. The molecule has 306 valence electrons. The van der Waals surface area contributed by atoms with Crippen molar-refractivity contribution in [3.05, 3.63) is 125 Å². The molecule has 7 rings (SSSR count). The Bertz CT molecular complexity index is 1990. The second kappa shape index (κ2) is 19.6. The maximum absolute atomic E-state index is 13.3. The Morgan fingerprint density at radius 3 is 2.21 bits per heavy atom. The van der Waals surface area contributed by atoms with Crippen LogP contribution in [0.1, 0.15) is 92.4 Å². The van der Waals surface area contributed by atoms with Crippen LogP contribution >= 0.6 is 0 Å². The average molecular weight is 790 g/mol. The summed E-state index contributed by atoms with van der Waals surface area (Å²) >= 11 is 0. The first-order valence-corrected chi connectivity index (χ1v) is 20.6. The number of piperidine rings is 1. The summed E-state index contributed by atoms with van der Waals surface area (Å²) in [6, 6.07) is 34.5. The molecule has 58 heavy (non-hydrogen) atoms. The van der Waals surface area contributed by atoms with Crippen LogP contribution in [0.3, 0.4) is 0 Å². The highest BCUT2D eigenvalue weighted by atomic mass is 16.7. The summed E-state index contributed by atoms with van der Waals surface area (Å²) in [5.74, 6) is -0.292. The fourth-order valence-corrected chi connectivity index (χ4v) is 8.45. The van der Waals surface area contributed by atoms with Gasteiger partial charge in [-0.15, -0.1) is 0 Å². The quantitative estimate of drug-likeness (QED) is 0.0502. The van der Waals surface area contributed by atoms with E-state index in [1.807, 2.05) is 66.7 Å². The Morgan fingerprint density at radius 1 is 0.776 bits per heavy atom. The zero-order valence-corrected chi connectivity index (χ0v) is 33.0. The van der Waals surface area contributed by atoms with Crippen molar-refractivity contribution in [1.29, 1.82) is 0 Å². The third kappa shape index (κ3) is 10.1. The van der Waals surface area contributed by atoms with E-state index in [0.717, 1.165) is 84.3 Å². The van der Waals surface area contributed by atoms with E-state index in [0.29, 0.717) is 39.0 Å². The fourth-order valence-electron chi connectivity index (χ4n) is 8.45. The third-order valence-electron chi connectivity index (χ3n) is 11.8. The van der Waals surface area contributed by atoms with Crippen molar-refractivity contribution >= 4 is 23.4 Å². The van der Waals surface area contributed by atoms with Crippen LogP contribution in [-0.2, 0) is 37.0 Å². The molecule has 0 bridgehead atoms. The van der Waals surface area contributed by atoms with Crippen molar-refractivity contribution in [2.45, 2.75) is 95.0 Å². The van der Waals surface area contributed by atoms with Crippen LogP contribution in [0.25, 0.3) is 11.1 Å². The standard InChI is InChI=1S/C46H55N5O7/c52-31-33-18-20-35(21-19-33)41-28-40(30-50-24-22-46(23-25-50)45(55)48-32-51(46)39-14-4-3-5-15-39)57-44(58-41)38-13-9-12-37(27-38)36-11-8-10-34(26-36)29-47-42(53)16-6-1-2-7-17-43(54)49-56/h3-5,8-15,18-21,26-27,40-41,44,52,56H,1-2,6-7,16-17,22-25,28-32H2,(H,47,53)(H,48,55)(H,49,54). The molecule has 12 heteroatoms. The number of ether oxygens (including phenoxy) is 2. The number of nitrogens with zero attached hydrogens (tertiary/aromatic N) is 2. The molecule has 3 heterocycles. The van der Waals surface area contributed by atoms with Gasteiger partial charge in [-0.05, 0) is 77.8 Å². The van der Waals surface area contributed by atoms with Crippen LogP contribution in [0.2, 0.25) is 0 Å². The maximum atomic E-state index is 13.3. The minimum Gasteiger partial charge on any atom is -0.392 e. The number of aliphatic hydroxyl groups excluding tert-OH is 1. The van der Waals surface area contributed by atoms with Gasteiger partial charge in [-0.2, -0.15) is 0 Å². The largest absolute Gasteiger partial charge is 0.392 e. The average Bonchev–Trinajstić information content (AvgIpc) is 3.59. The van der Waals surface area contributed by atoms with Crippen LogP contribution in [0.4, 0.5) is 5.69 Å². The fraction of sp³-hybridized carbons (Fsp3) is 0.413. The molecule has 1 spiro atoms. The molecule has 3 saturated heterocycles. The highest BCUT2D eigenvalue weighted by molar-refractivity contribution is 5.93. The van der Waals surface area contributed by atoms with E-state index in [9.17, 15) is 19.5 Å². The molecule has 0 saturated carbocycles. The van der Waals surface area contributed by atoms with Crippen LogP contribution < -0.4 is 21.0 Å². The second-order valence-electron chi connectivity index (χ2n) is 15.7. The minimum atomic E-state index is -0.610. The molecule has 5 N–H and O–H groups in total. The SMILES string of the molecule is O=C(CCCCCCC(=O)NCc1cccc(-c2cccc(C3OC(CN4CCC5(CC4)C(=O)NCN5c4ccccc4)CC(c4ccc(CO)cc4)O3)c2)c1)NO. The summed E-state index contributed by atoms with van der Waals surface area (Å²) < 4.78 is 13.5. The Balaban J connectivity index is 0.997. The number of carbonyl (C=O) groups excluding carboxylic acids is 3. The number of nitrogens with one attached hydrogen (secondary N) is 3. The lowest BCUT2D eigenvalue weighted by molar-refractivity contribution is -0.253. The van der Waals surface area contributed by atoms with Gasteiger partial charge in [-0.25, -0.2) is 5.48 Å². The summed E-state index contributed by atoms with van der Waals surface area (Å²) in [5, 5.41) is 24.4. The van der Waals surface area contributed by atoms with Gasteiger partial charge in [0.05, 0.1) is 25.5 Å². The highest BCUT2D eigenvalue weighted by Crippen LogP contribution is 2.41. The molecule has 0 aliphatic carbocycles. The molecule has 3 amide bonds. The summed E-state index contributed by atoms with van der Waals surface area (Å²) in [6.07, 6.45) is 4.97. The van der Waals surface area contributed by atoms with E-state index < -0.39 is 11.8 Å². The Morgan fingerprint density at radius 2 is 1.48 bits per heavy atom. The molecule has 0 aromatic heterocycles. The lowest BCUT2D eigenvalue weighted by atomic mass is 9.85. The van der Waals surface area contributed by atoms with E-state index in [2.05, 4.69) is 56.8 Å². The van der Waals surface area contributed by atoms with E-state index in [1.54, 1.807) is 5.48 Å². The van der Waals surface area contributed by atoms with Crippen LogP contribution in [0.5, 0.6) is 0 Å². The summed E-state index contributed by atoms with van der Waals surface area (Å²) in [7, 11) is 0. The second-order valence-corrected chi connectivity index (χ2v) is 15.7. The first-order chi connectivity index (χ1) is 28.3. The Hall–Kier alpha value is -5.11. The third-order valence-corrected chi connectivity index (χ3v) is 11.8. The van der Waals surface area contributed by atoms with Gasteiger partial charge in [0.2, 0.25) is 17.7 Å². The number of para-hydroxylation sites is 1. The number of carbonyl (C=O) groups is 3. The van der Waals surface area contributed by atoms with Crippen molar-refractivity contribution in [2.24, 2.45) is 0 Å². The number of anilines is 1. The van der Waals surface area contributed by atoms with E-state index in [1.165, 1.54) is 0 Å². The molecule has 4 aromatic rings. The number of hydroxylamine groups is 1. The van der Waals surface area contributed by atoms with Crippen molar-refractivity contribution in [3.8, 4) is 11.1 Å². The molecular formula is C46H55N5O7.